The maximum atomic E-state index is 8.89. The standard InChI is InChI=1S/C9H12N.C8H10N.C2H4O2.BrH/c1-3-9-7-5-6-8-10(9)4-2;1-3-8-5-4-6-9(2)7-8;1-2(3)4;/h3,5-8H,1,4H2,2H3;3-7H,1H2,2H3;1H3,(H,3,4);1H/q2*+1;;/p-2. The van der Waals surface area contributed by atoms with E-state index in [1.165, 1.54) is 5.69 Å². The second-order valence-electron chi connectivity index (χ2n) is 4.61. The van der Waals surface area contributed by atoms with Gasteiger partial charge in [0.2, 0.25) is 5.69 Å². The molecule has 0 aliphatic carbocycles. The summed E-state index contributed by atoms with van der Waals surface area (Å²) in [4.78, 5) is 8.89. The molecule has 0 unspecified atom stereocenters. The molecule has 2 aromatic rings. The Labute approximate surface area is 155 Å². The molecule has 130 valence electrons. The number of carboxylic acids is 1. The minimum absolute atomic E-state index is 0. The molecule has 0 saturated heterocycles. The quantitative estimate of drug-likeness (QED) is 0.600. The fourth-order valence-corrected chi connectivity index (χ4v) is 1.69. The third kappa shape index (κ3) is 11.3. The Morgan fingerprint density at radius 1 is 1.17 bits per heavy atom. The van der Waals surface area contributed by atoms with Crippen LogP contribution in [0.4, 0.5) is 0 Å². The van der Waals surface area contributed by atoms with Gasteiger partial charge in [0.1, 0.15) is 13.6 Å². The summed E-state index contributed by atoms with van der Waals surface area (Å²) in [5.41, 5.74) is 2.32. The molecule has 0 spiro atoms. The number of aryl methyl sites for hydroxylation is 2. The van der Waals surface area contributed by atoms with E-state index >= 15 is 0 Å². The molecule has 0 saturated carbocycles. The van der Waals surface area contributed by atoms with Crippen LogP contribution in [0, 0.1) is 0 Å². The topological polar surface area (TPSA) is 47.9 Å². The van der Waals surface area contributed by atoms with E-state index in [1.807, 2.05) is 60.4 Å². The van der Waals surface area contributed by atoms with Crippen LogP contribution in [0.25, 0.3) is 12.2 Å². The van der Waals surface area contributed by atoms with Crippen molar-refractivity contribution in [2.75, 3.05) is 0 Å². The van der Waals surface area contributed by atoms with Crippen LogP contribution in [0.1, 0.15) is 25.1 Å². The summed E-state index contributed by atoms with van der Waals surface area (Å²) in [5, 5.41) is 8.89. The minimum Gasteiger partial charge on any atom is -1.00 e. The van der Waals surface area contributed by atoms with Gasteiger partial charge in [-0.3, -0.25) is 0 Å². The van der Waals surface area contributed by atoms with Gasteiger partial charge in [0.25, 0.3) is 0 Å². The molecule has 2 aromatic heterocycles. The lowest BCUT2D eigenvalue weighted by atomic mass is 10.3. The maximum Gasteiger partial charge on any atom is 0.204 e. The SMILES string of the molecule is C=Cc1ccc[n+](C)c1.C=Cc1cccc[n+]1CC.CC(=O)[O-].[Br-]. The van der Waals surface area contributed by atoms with E-state index in [0.717, 1.165) is 19.0 Å². The molecule has 2 rings (SSSR count). The van der Waals surface area contributed by atoms with E-state index < -0.39 is 5.97 Å². The van der Waals surface area contributed by atoms with Crippen molar-refractivity contribution in [1.82, 2.24) is 0 Å². The molecular formula is C19H25BrN2O2. The molecule has 4 nitrogen and oxygen atoms in total. The molecule has 0 amide bonds. The molecule has 0 aliphatic heterocycles. The fraction of sp³-hybridized carbons (Fsp3) is 0.211. The molecule has 2 heterocycles. The number of carboxylic acid groups (broad SMARTS) is 1. The lowest BCUT2D eigenvalue weighted by Crippen LogP contribution is -3.00. The maximum absolute atomic E-state index is 8.89. The lowest BCUT2D eigenvalue weighted by Gasteiger charge is -1.93. The zero-order valence-corrected chi connectivity index (χ0v) is 16.1. The van der Waals surface area contributed by atoms with Gasteiger partial charge in [0, 0.05) is 35.8 Å². The fourth-order valence-electron chi connectivity index (χ4n) is 1.69. The first-order valence-corrected chi connectivity index (χ1v) is 7.30. The summed E-state index contributed by atoms with van der Waals surface area (Å²) in [6.45, 7) is 11.5. The first kappa shape index (κ1) is 24.0. The number of carbonyl (C=O) groups excluding carboxylic acids is 1. The molecule has 5 heteroatoms. The Morgan fingerprint density at radius 3 is 2.17 bits per heavy atom. The van der Waals surface area contributed by atoms with E-state index in [1.54, 1.807) is 0 Å². The molecule has 24 heavy (non-hydrogen) atoms. The molecule has 0 aromatic carbocycles. The monoisotopic (exact) mass is 392 g/mol. The average molecular weight is 393 g/mol. The highest BCUT2D eigenvalue weighted by Crippen LogP contribution is 1.93. The second-order valence-corrected chi connectivity index (χ2v) is 4.61. The Balaban J connectivity index is 0. The van der Waals surface area contributed by atoms with Gasteiger partial charge >= 0.3 is 0 Å². The van der Waals surface area contributed by atoms with Crippen LogP contribution < -0.4 is 31.2 Å². The van der Waals surface area contributed by atoms with Gasteiger partial charge in [-0.2, -0.15) is 4.57 Å². The van der Waals surface area contributed by atoms with Gasteiger partial charge < -0.3 is 26.9 Å². The highest BCUT2D eigenvalue weighted by Gasteiger charge is 1.99. The van der Waals surface area contributed by atoms with Crippen LogP contribution in [0.5, 0.6) is 0 Å². The van der Waals surface area contributed by atoms with E-state index in [9.17, 15) is 0 Å². The summed E-state index contributed by atoms with van der Waals surface area (Å²) in [7, 11) is 1.99. The van der Waals surface area contributed by atoms with Gasteiger partial charge in [0.05, 0.1) is 0 Å². The molecule has 0 N–H and O–H groups in total. The number of hydrogen-bond acceptors (Lipinski definition) is 2. The molecule has 0 bridgehead atoms. The number of halogens is 1. The zero-order chi connectivity index (χ0) is 17.7. The summed E-state index contributed by atoms with van der Waals surface area (Å²) < 4.78 is 4.14. The van der Waals surface area contributed by atoms with Crippen molar-refractivity contribution in [3.8, 4) is 0 Å². The van der Waals surface area contributed by atoms with Crippen LogP contribution in [-0.2, 0) is 18.4 Å². The third-order valence-corrected chi connectivity index (χ3v) is 2.72. The first-order valence-electron chi connectivity index (χ1n) is 7.30. The van der Waals surface area contributed by atoms with E-state index in [0.29, 0.717) is 0 Å². The third-order valence-electron chi connectivity index (χ3n) is 2.72. The van der Waals surface area contributed by atoms with Crippen LogP contribution in [-0.4, -0.2) is 5.97 Å². The largest absolute Gasteiger partial charge is 1.00 e. The number of aliphatic carboxylic acids is 1. The van der Waals surface area contributed by atoms with Crippen LogP contribution in [0.2, 0.25) is 0 Å². The van der Waals surface area contributed by atoms with Gasteiger partial charge in [-0.15, -0.1) is 0 Å². The smallest absolute Gasteiger partial charge is 0.204 e. The number of hydrogen-bond donors (Lipinski definition) is 0. The van der Waals surface area contributed by atoms with Gasteiger partial charge in [-0.1, -0.05) is 19.2 Å². The van der Waals surface area contributed by atoms with Crippen molar-refractivity contribution in [3.05, 3.63) is 73.3 Å². The van der Waals surface area contributed by atoms with Crippen molar-refractivity contribution in [2.45, 2.75) is 20.4 Å². The zero-order valence-electron chi connectivity index (χ0n) is 14.5. The highest BCUT2D eigenvalue weighted by atomic mass is 79.9. The lowest BCUT2D eigenvalue weighted by molar-refractivity contribution is -0.695. The highest BCUT2D eigenvalue weighted by molar-refractivity contribution is 5.60. The summed E-state index contributed by atoms with van der Waals surface area (Å²) >= 11 is 0. The van der Waals surface area contributed by atoms with Gasteiger partial charge in [0.15, 0.2) is 18.6 Å². The first-order chi connectivity index (χ1) is 10.9. The molecule has 0 fully saturated rings. The minimum atomic E-state index is -1.08. The number of rotatable bonds is 3. The van der Waals surface area contributed by atoms with Gasteiger partial charge in [-0.05, 0) is 26.0 Å². The molecule has 0 radical (unpaired) electrons. The van der Waals surface area contributed by atoms with Crippen LogP contribution >= 0.6 is 0 Å². The molecule has 0 aliphatic rings. The normalized spacial score (nSPS) is 8.29. The van der Waals surface area contributed by atoms with E-state index in [-0.39, 0.29) is 17.0 Å². The summed E-state index contributed by atoms with van der Waals surface area (Å²) in [6.07, 6.45) is 9.76. The predicted molar refractivity (Wildman–Crippen MR) is 90.8 cm³/mol. The van der Waals surface area contributed by atoms with E-state index in [2.05, 4.69) is 36.9 Å². The summed E-state index contributed by atoms with van der Waals surface area (Å²) in [5.74, 6) is -1.08. The Bertz CT molecular complexity index is 639. The Kier molecular flexibility index (Phi) is 14.3. The Hall–Kier alpha value is -2.27. The second kappa shape index (κ2) is 14.3. The number of pyridine rings is 2. The molecule has 0 atom stereocenters. The van der Waals surface area contributed by atoms with Gasteiger partial charge in [-0.25, -0.2) is 4.57 Å². The predicted octanol–water partition coefficient (Wildman–Crippen LogP) is -1.45. The van der Waals surface area contributed by atoms with Crippen molar-refractivity contribution in [1.29, 1.82) is 0 Å². The van der Waals surface area contributed by atoms with E-state index in [4.69, 9.17) is 9.90 Å². The van der Waals surface area contributed by atoms with Crippen molar-refractivity contribution in [3.63, 3.8) is 0 Å². The number of carbonyl (C=O) groups is 1. The molecular weight excluding hydrogens is 368 g/mol. The van der Waals surface area contributed by atoms with Crippen LogP contribution in [0.3, 0.4) is 0 Å². The van der Waals surface area contributed by atoms with Crippen molar-refractivity contribution < 1.29 is 36.0 Å². The average Bonchev–Trinajstić information content (AvgIpc) is 2.54. The number of aromatic nitrogens is 2. The van der Waals surface area contributed by atoms with Crippen LogP contribution in [0.15, 0.2) is 62.1 Å². The van der Waals surface area contributed by atoms with Crippen molar-refractivity contribution in [2.24, 2.45) is 7.05 Å². The van der Waals surface area contributed by atoms with Crippen molar-refractivity contribution >= 4 is 18.1 Å². The summed E-state index contributed by atoms with van der Waals surface area (Å²) in [6, 6.07) is 10.1. The Morgan fingerprint density at radius 2 is 1.79 bits per heavy atom. The number of nitrogens with zero attached hydrogens (tertiary/aromatic N) is 2.